The molecule has 0 saturated carbocycles. The molecule has 1 heterocycles. The number of benzene rings is 3. The van der Waals surface area contributed by atoms with Crippen molar-refractivity contribution in [1.29, 1.82) is 0 Å². The Hall–Kier alpha value is -3.15. The minimum atomic E-state index is -0.442. The van der Waals surface area contributed by atoms with E-state index in [-0.39, 0.29) is 17.8 Å². The standard InChI is InChI=1S/C25H19Cl2FN2O2/c1-15-20(27)3-2-4-21(15)29-23-22(17-7-11-19(28)12-8-17)24(31)30(25(23)32)14-13-16-5-9-18(26)10-6-16/h2-12,29H,13-14H2,1H3. The molecule has 0 bridgehead atoms. The predicted molar refractivity (Wildman–Crippen MR) is 125 cm³/mol. The molecule has 1 aliphatic rings. The number of hydrogen-bond donors (Lipinski definition) is 1. The number of hydrogen-bond acceptors (Lipinski definition) is 3. The molecule has 7 heteroatoms. The number of halogens is 3. The van der Waals surface area contributed by atoms with Crippen LogP contribution >= 0.6 is 23.2 Å². The van der Waals surface area contributed by atoms with Crippen LogP contribution in [0.5, 0.6) is 0 Å². The van der Waals surface area contributed by atoms with Gasteiger partial charge in [0.2, 0.25) is 0 Å². The Labute approximate surface area is 195 Å². The van der Waals surface area contributed by atoms with E-state index < -0.39 is 17.6 Å². The van der Waals surface area contributed by atoms with Crippen molar-refractivity contribution < 1.29 is 14.0 Å². The van der Waals surface area contributed by atoms with E-state index in [4.69, 9.17) is 23.2 Å². The van der Waals surface area contributed by atoms with Gasteiger partial charge in [-0.05, 0) is 66.4 Å². The Kier molecular flexibility index (Phi) is 6.31. The van der Waals surface area contributed by atoms with Gasteiger partial charge in [0.15, 0.2) is 0 Å². The Morgan fingerprint density at radius 1 is 0.906 bits per heavy atom. The van der Waals surface area contributed by atoms with Gasteiger partial charge in [0, 0.05) is 22.3 Å². The summed E-state index contributed by atoms with van der Waals surface area (Å²) in [5, 5.41) is 4.25. The van der Waals surface area contributed by atoms with Crippen LogP contribution in [0.15, 0.2) is 72.4 Å². The van der Waals surface area contributed by atoms with Crippen LogP contribution in [0, 0.1) is 12.7 Å². The first-order valence-corrected chi connectivity index (χ1v) is 10.7. The van der Waals surface area contributed by atoms with Crippen LogP contribution in [0.2, 0.25) is 10.0 Å². The molecule has 0 spiro atoms. The number of anilines is 1. The van der Waals surface area contributed by atoms with Crippen molar-refractivity contribution in [2.24, 2.45) is 0 Å². The summed E-state index contributed by atoms with van der Waals surface area (Å²) in [6.45, 7) is 2.02. The molecule has 0 atom stereocenters. The lowest BCUT2D eigenvalue weighted by atomic mass is 10.0. The van der Waals surface area contributed by atoms with Crippen LogP contribution in [-0.4, -0.2) is 23.3 Å². The van der Waals surface area contributed by atoms with E-state index in [1.807, 2.05) is 19.1 Å². The van der Waals surface area contributed by atoms with Gasteiger partial charge in [-0.1, -0.05) is 53.5 Å². The van der Waals surface area contributed by atoms with Gasteiger partial charge in [-0.25, -0.2) is 4.39 Å². The summed E-state index contributed by atoms with van der Waals surface area (Å²) in [4.78, 5) is 27.8. The molecule has 2 amide bonds. The molecule has 4 rings (SSSR count). The molecule has 0 aliphatic carbocycles. The normalized spacial score (nSPS) is 13.8. The zero-order valence-corrected chi connectivity index (χ0v) is 18.7. The smallest absolute Gasteiger partial charge is 0.278 e. The minimum Gasteiger partial charge on any atom is -0.350 e. The van der Waals surface area contributed by atoms with Gasteiger partial charge in [-0.3, -0.25) is 14.5 Å². The van der Waals surface area contributed by atoms with Crippen molar-refractivity contribution >= 4 is 46.3 Å². The van der Waals surface area contributed by atoms with Crippen LogP contribution in [-0.2, 0) is 16.0 Å². The fourth-order valence-corrected chi connectivity index (χ4v) is 3.85. The van der Waals surface area contributed by atoms with Crippen LogP contribution in [0.4, 0.5) is 10.1 Å². The SMILES string of the molecule is Cc1c(Cl)cccc1NC1=C(c2ccc(F)cc2)C(=O)N(CCc2ccc(Cl)cc2)C1=O. The first kappa shape index (κ1) is 22.1. The molecule has 0 saturated heterocycles. The maximum atomic E-state index is 13.5. The average Bonchev–Trinajstić information content (AvgIpc) is 3.01. The monoisotopic (exact) mass is 468 g/mol. The predicted octanol–water partition coefficient (Wildman–Crippen LogP) is 5.88. The highest BCUT2D eigenvalue weighted by Crippen LogP contribution is 2.33. The highest BCUT2D eigenvalue weighted by molar-refractivity contribution is 6.36. The van der Waals surface area contributed by atoms with E-state index in [9.17, 15) is 14.0 Å². The van der Waals surface area contributed by atoms with Crippen molar-refractivity contribution in [1.82, 2.24) is 4.90 Å². The molecule has 1 N–H and O–H groups in total. The number of nitrogens with one attached hydrogen (secondary N) is 1. The molecule has 3 aromatic carbocycles. The summed E-state index contributed by atoms with van der Waals surface area (Å²) in [6, 6.07) is 18.0. The van der Waals surface area contributed by atoms with Gasteiger partial charge in [-0.2, -0.15) is 0 Å². The fraction of sp³-hybridized carbons (Fsp3) is 0.120. The largest absolute Gasteiger partial charge is 0.350 e. The summed E-state index contributed by atoms with van der Waals surface area (Å²) in [5.41, 5.74) is 3.12. The first-order valence-electron chi connectivity index (χ1n) is 9.98. The molecule has 162 valence electrons. The summed E-state index contributed by atoms with van der Waals surface area (Å²) < 4.78 is 13.5. The van der Waals surface area contributed by atoms with E-state index in [0.717, 1.165) is 11.1 Å². The maximum Gasteiger partial charge on any atom is 0.278 e. The average molecular weight is 469 g/mol. The topological polar surface area (TPSA) is 49.4 Å². The van der Waals surface area contributed by atoms with Crippen molar-refractivity contribution in [3.8, 4) is 0 Å². The van der Waals surface area contributed by atoms with Gasteiger partial charge in [0.25, 0.3) is 11.8 Å². The van der Waals surface area contributed by atoms with Crippen molar-refractivity contribution in [3.05, 3.63) is 105 Å². The van der Waals surface area contributed by atoms with Crippen molar-refractivity contribution in [2.75, 3.05) is 11.9 Å². The molecule has 0 fully saturated rings. The molecule has 0 aromatic heterocycles. The first-order chi connectivity index (χ1) is 15.3. The van der Waals surface area contributed by atoms with E-state index >= 15 is 0 Å². The number of carbonyl (C=O) groups excluding carboxylic acids is 2. The van der Waals surface area contributed by atoms with Crippen LogP contribution < -0.4 is 5.32 Å². The lowest BCUT2D eigenvalue weighted by molar-refractivity contribution is -0.136. The molecular formula is C25H19Cl2FN2O2. The third-order valence-corrected chi connectivity index (χ3v) is 6.03. The zero-order chi connectivity index (χ0) is 22.8. The van der Waals surface area contributed by atoms with Crippen molar-refractivity contribution in [2.45, 2.75) is 13.3 Å². The fourth-order valence-electron chi connectivity index (χ4n) is 3.55. The highest BCUT2D eigenvalue weighted by Gasteiger charge is 2.39. The van der Waals surface area contributed by atoms with E-state index in [1.54, 1.807) is 30.3 Å². The zero-order valence-electron chi connectivity index (χ0n) is 17.2. The Morgan fingerprint density at radius 2 is 1.59 bits per heavy atom. The van der Waals surface area contributed by atoms with Gasteiger partial charge >= 0.3 is 0 Å². The summed E-state index contributed by atoms with van der Waals surface area (Å²) in [5.74, 6) is -1.30. The molecule has 0 radical (unpaired) electrons. The van der Waals surface area contributed by atoms with E-state index in [2.05, 4.69) is 5.32 Å². The second kappa shape index (κ2) is 9.15. The quantitative estimate of drug-likeness (QED) is 0.459. The van der Waals surface area contributed by atoms with E-state index in [1.165, 1.54) is 29.2 Å². The Morgan fingerprint density at radius 3 is 2.28 bits per heavy atom. The van der Waals surface area contributed by atoms with Gasteiger partial charge < -0.3 is 5.32 Å². The minimum absolute atomic E-state index is 0.142. The third kappa shape index (κ3) is 4.40. The Bertz CT molecular complexity index is 1220. The van der Waals surface area contributed by atoms with Crippen molar-refractivity contribution in [3.63, 3.8) is 0 Å². The number of amides is 2. The molecule has 0 unspecified atom stereocenters. The lowest BCUT2D eigenvalue weighted by Crippen LogP contribution is -2.34. The molecule has 32 heavy (non-hydrogen) atoms. The second-order valence-corrected chi connectivity index (χ2v) is 8.28. The van der Waals surface area contributed by atoms with Crippen LogP contribution in [0.3, 0.4) is 0 Å². The number of rotatable bonds is 6. The molecule has 4 nitrogen and oxygen atoms in total. The molecule has 1 aliphatic heterocycles. The van der Waals surface area contributed by atoms with Gasteiger partial charge in [0.05, 0.1) is 5.57 Å². The Balaban J connectivity index is 1.68. The summed E-state index contributed by atoms with van der Waals surface area (Å²) >= 11 is 12.2. The molecular weight excluding hydrogens is 450 g/mol. The molecule has 3 aromatic rings. The van der Waals surface area contributed by atoms with Crippen LogP contribution in [0.1, 0.15) is 16.7 Å². The van der Waals surface area contributed by atoms with Crippen LogP contribution in [0.25, 0.3) is 5.57 Å². The van der Waals surface area contributed by atoms with Gasteiger partial charge in [0.1, 0.15) is 11.5 Å². The summed E-state index contributed by atoms with van der Waals surface area (Å²) in [6.07, 6.45) is 0.481. The third-order valence-electron chi connectivity index (χ3n) is 5.37. The lowest BCUT2D eigenvalue weighted by Gasteiger charge is -2.16. The maximum absolute atomic E-state index is 13.5. The number of nitrogens with zero attached hydrogens (tertiary/aromatic N) is 1. The van der Waals surface area contributed by atoms with Gasteiger partial charge in [-0.15, -0.1) is 0 Å². The number of imide groups is 1. The number of carbonyl (C=O) groups is 2. The summed E-state index contributed by atoms with van der Waals surface area (Å²) in [7, 11) is 0. The second-order valence-electron chi connectivity index (χ2n) is 7.43. The van der Waals surface area contributed by atoms with E-state index in [0.29, 0.717) is 27.7 Å². The highest BCUT2D eigenvalue weighted by atomic mass is 35.5.